The maximum Gasteiger partial charge on any atom is 0.439 e. The molecule has 0 aromatic rings. The maximum absolute atomic E-state index is 11.5. The van der Waals surface area contributed by atoms with Gasteiger partial charge < -0.3 is 19.7 Å². The summed E-state index contributed by atoms with van der Waals surface area (Å²) in [6.45, 7) is 3.34. The number of unbranched alkanes of at least 4 members (excludes halogenated alkanes) is 1. The van der Waals surface area contributed by atoms with Crippen molar-refractivity contribution < 1.29 is 46.0 Å². The zero-order chi connectivity index (χ0) is 17.1. The number of alkyl halides is 6. The van der Waals surface area contributed by atoms with Crippen molar-refractivity contribution in [2.45, 2.75) is 58.0 Å². The Morgan fingerprint density at radius 2 is 1.14 bits per heavy atom. The predicted octanol–water partition coefficient (Wildman–Crippen LogP) is 2.98. The van der Waals surface area contributed by atoms with Crippen LogP contribution in [0.25, 0.3) is 0 Å². The van der Waals surface area contributed by atoms with Gasteiger partial charge in [-0.25, -0.2) is 0 Å². The zero-order valence-electron chi connectivity index (χ0n) is 11.7. The average molecular weight is 330 g/mol. The number of halogens is 6. The van der Waals surface area contributed by atoms with E-state index in [4.69, 9.17) is 10.2 Å². The minimum atomic E-state index is -4.66. The quantitative estimate of drug-likeness (QED) is 0.428. The standard InChI is InChI=1S/C6H11F3O2.C5H9F3O2/c1-2-3-4-11-5(10)6(7,8)9;1-2-3-10-4(9)5(6,7)8/h5,10H,2-4H2,1H3;4,9H,2-3H2,1H3. The summed E-state index contributed by atoms with van der Waals surface area (Å²) in [4.78, 5) is 0. The molecular weight excluding hydrogens is 310 g/mol. The normalized spacial score (nSPS) is 15.1. The molecule has 2 unspecified atom stereocenters. The second kappa shape index (κ2) is 11.0. The maximum atomic E-state index is 11.5. The van der Waals surface area contributed by atoms with Crippen LogP contribution < -0.4 is 0 Å². The van der Waals surface area contributed by atoms with E-state index in [-0.39, 0.29) is 13.2 Å². The lowest BCUT2D eigenvalue weighted by atomic mass is 10.4. The van der Waals surface area contributed by atoms with E-state index in [1.807, 2.05) is 6.92 Å². The molecule has 130 valence electrons. The van der Waals surface area contributed by atoms with Gasteiger partial charge in [-0.1, -0.05) is 20.3 Å². The molecule has 0 saturated carbocycles. The molecule has 2 N–H and O–H groups in total. The lowest BCUT2D eigenvalue weighted by molar-refractivity contribution is -0.293. The van der Waals surface area contributed by atoms with Gasteiger partial charge in [-0.2, -0.15) is 26.3 Å². The Morgan fingerprint density at radius 1 is 0.762 bits per heavy atom. The Bertz CT molecular complexity index is 244. The van der Waals surface area contributed by atoms with Gasteiger partial charge in [0, 0.05) is 6.61 Å². The first-order valence-electron chi connectivity index (χ1n) is 6.19. The van der Waals surface area contributed by atoms with E-state index in [1.54, 1.807) is 6.92 Å². The lowest BCUT2D eigenvalue weighted by Crippen LogP contribution is -2.31. The summed E-state index contributed by atoms with van der Waals surface area (Å²) >= 11 is 0. The highest BCUT2D eigenvalue weighted by atomic mass is 19.4. The van der Waals surface area contributed by atoms with E-state index in [2.05, 4.69) is 9.47 Å². The molecule has 0 aliphatic heterocycles. The van der Waals surface area contributed by atoms with E-state index in [0.29, 0.717) is 12.8 Å². The molecule has 0 rings (SSSR count). The summed E-state index contributed by atoms with van der Waals surface area (Å²) in [5, 5.41) is 16.4. The van der Waals surface area contributed by atoms with Crippen LogP contribution in [0.4, 0.5) is 26.3 Å². The van der Waals surface area contributed by atoms with Crippen molar-refractivity contribution in [1.82, 2.24) is 0 Å². The van der Waals surface area contributed by atoms with Crippen molar-refractivity contribution in [2.24, 2.45) is 0 Å². The molecule has 0 radical (unpaired) electrons. The van der Waals surface area contributed by atoms with E-state index in [9.17, 15) is 26.3 Å². The third kappa shape index (κ3) is 14.1. The Kier molecular flexibility index (Phi) is 11.9. The van der Waals surface area contributed by atoms with Crippen LogP contribution in [0.1, 0.15) is 33.1 Å². The largest absolute Gasteiger partial charge is 0.439 e. The lowest BCUT2D eigenvalue weighted by Gasteiger charge is -2.14. The van der Waals surface area contributed by atoms with Crippen LogP contribution in [-0.2, 0) is 9.47 Å². The highest BCUT2D eigenvalue weighted by molar-refractivity contribution is 4.53. The Balaban J connectivity index is 0. The summed E-state index contributed by atoms with van der Waals surface area (Å²) in [6, 6.07) is 0. The van der Waals surface area contributed by atoms with Gasteiger partial charge in [0.15, 0.2) is 0 Å². The van der Waals surface area contributed by atoms with Gasteiger partial charge in [0.1, 0.15) is 0 Å². The van der Waals surface area contributed by atoms with Gasteiger partial charge in [0.25, 0.3) is 12.6 Å². The average Bonchev–Trinajstić information content (AvgIpc) is 2.34. The summed E-state index contributed by atoms with van der Waals surface area (Å²) < 4.78 is 76.8. The third-order valence-corrected chi connectivity index (χ3v) is 1.81. The van der Waals surface area contributed by atoms with Crippen LogP contribution in [0.3, 0.4) is 0 Å². The Morgan fingerprint density at radius 3 is 1.43 bits per heavy atom. The molecule has 0 heterocycles. The van der Waals surface area contributed by atoms with Crippen molar-refractivity contribution in [3.05, 3.63) is 0 Å². The van der Waals surface area contributed by atoms with Crippen molar-refractivity contribution in [1.29, 1.82) is 0 Å². The first-order valence-corrected chi connectivity index (χ1v) is 6.19. The summed E-state index contributed by atoms with van der Waals surface area (Å²) in [5.41, 5.74) is 0. The Hall–Kier alpha value is -0.580. The van der Waals surface area contributed by atoms with Crippen LogP contribution in [0.5, 0.6) is 0 Å². The number of hydrogen-bond acceptors (Lipinski definition) is 4. The first kappa shape index (κ1) is 22.7. The first-order chi connectivity index (χ1) is 9.46. The van der Waals surface area contributed by atoms with Gasteiger partial charge >= 0.3 is 12.4 Å². The summed E-state index contributed by atoms with van der Waals surface area (Å²) in [6.07, 6.45) is -12.9. The fourth-order valence-electron chi connectivity index (χ4n) is 0.758. The van der Waals surface area contributed by atoms with Gasteiger partial charge in [0.05, 0.1) is 6.61 Å². The predicted molar refractivity (Wildman–Crippen MR) is 61.2 cm³/mol. The number of ether oxygens (including phenoxy) is 2. The van der Waals surface area contributed by atoms with Crippen LogP contribution in [0, 0.1) is 0 Å². The number of aliphatic hydroxyl groups is 2. The molecule has 0 saturated heterocycles. The molecular formula is C11H20F6O4. The monoisotopic (exact) mass is 330 g/mol. The van der Waals surface area contributed by atoms with E-state index < -0.39 is 24.9 Å². The fourth-order valence-corrected chi connectivity index (χ4v) is 0.758. The molecule has 0 fully saturated rings. The van der Waals surface area contributed by atoms with Crippen molar-refractivity contribution >= 4 is 0 Å². The van der Waals surface area contributed by atoms with Crippen molar-refractivity contribution in [2.75, 3.05) is 13.2 Å². The SMILES string of the molecule is CCCCOC(O)C(F)(F)F.CCCOC(O)C(F)(F)F. The van der Waals surface area contributed by atoms with Crippen molar-refractivity contribution in [3.63, 3.8) is 0 Å². The summed E-state index contributed by atoms with van der Waals surface area (Å²) in [7, 11) is 0. The molecule has 0 aromatic heterocycles. The van der Waals surface area contributed by atoms with Gasteiger partial charge in [0.2, 0.25) is 0 Å². The molecule has 0 spiro atoms. The smallest absolute Gasteiger partial charge is 0.361 e. The zero-order valence-corrected chi connectivity index (χ0v) is 11.7. The van der Waals surface area contributed by atoms with Crippen LogP contribution in [0.2, 0.25) is 0 Å². The molecule has 21 heavy (non-hydrogen) atoms. The van der Waals surface area contributed by atoms with Crippen LogP contribution >= 0.6 is 0 Å². The molecule has 0 aromatic carbocycles. The van der Waals surface area contributed by atoms with Gasteiger partial charge in [-0.3, -0.25) is 0 Å². The highest BCUT2D eigenvalue weighted by Gasteiger charge is 2.39. The Labute approximate surface area is 118 Å². The second-order valence-electron chi connectivity index (χ2n) is 3.88. The number of aliphatic hydroxyl groups excluding tert-OH is 2. The second-order valence-corrected chi connectivity index (χ2v) is 3.88. The summed E-state index contributed by atoms with van der Waals surface area (Å²) in [5.74, 6) is 0. The van der Waals surface area contributed by atoms with E-state index in [0.717, 1.165) is 6.42 Å². The van der Waals surface area contributed by atoms with E-state index in [1.165, 1.54) is 0 Å². The topological polar surface area (TPSA) is 58.9 Å². The minimum Gasteiger partial charge on any atom is -0.361 e. The third-order valence-electron chi connectivity index (χ3n) is 1.81. The van der Waals surface area contributed by atoms with Crippen LogP contribution in [-0.4, -0.2) is 48.4 Å². The van der Waals surface area contributed by atoms with Gasteiger partial charge in [-0.05, 0) is 12.8 Å². The molecule has 0 aliphatic carbocycles. The number of hydrogen-bond donors (Lipinski definition) is 2. The van der Waals surface area contributed by atoms with Crippen molar-refractivity contribution in [3.8, 4) is 0 Å². The molecule has 0 bridgehead atoms. The minimum absolute atomic E-state index is 0.0584. The molecule has 4 nitrogen and oxygen atoms in total. The molecule has 0 amide bonds. The molecule has 2 atom stereocenters. The van der Waals surface area contributed by atoms with Gasteiger partial charge in [-0.15, -0.1) is 0 Å². The fraction of sp³-hybridized carbons (Fsp3) is 1.00. The highest BCUT2D eigenvalue weighted by Crippen LogP contribution is 2.21. The molecule has 10 heteroatoms. The number of rotatable bonds is 7. The van der Waals surface area contributed by atoms with Crippen LogP contribution in [0.15, 0.2) is 0 Å². The molecule has 0 aliphatic rings. The van der Waals surface area contributed by atoms with E-state index >= 15 is 0 Å².